The molecule has 0 atom stereocenters. The second-order valence-electron chi connectivity index (χ2n) is 3.49. The smallest absolute Gasteiger partial charge is 0.102 e. The van der Waals surface area contributed by atoms with Gasteiger partial charge in [-0.05, 0) is 17.5 Å². The van der Waals surface area contributed by atoms with E-state index < -0.39 is 0 Å². The van der Waals surface area contributed by atoms with Crippen molar-refractivity contribution in [2.75, 3.05) is 0 Å². The van der Waals surface area contributed by atoms with Crippen molar-refractivity contribution in [1.29, 1.82) is 5.26 Å². The fourth-order valence-electron chi connectivity index (χ4n) is 1.49. The summed E-state index contributed by atoms with van der Waals surface area (Å²) < 4.78 is 1.15. The Bertz CT molecular complexity index is 505. The molecule has 0 bridgehead atoms. The van der Waals surface area contributed by atoms with E-state index >= 15 is 0 Å². The average molecular weight is 202 g/mol. The van der Waals surface area contributed by atoms with E-state index in [9.17, 15) is 0 Å². The van der Waals surface area contributed by atoms with Gasteiger partial charge in [0.05, 0.1) is 15.8 Å². The fraction of sp³-hybridized carbons (Fsp3) is 0.273. The summed E-state index contributed by atoms with van der Waals surface area (Å²) in [6, 6.07) is 4.20. The van der Waals surface area contributed by atoms with E-state index in [1.807, 2.05) is 11.4 Å². The maximum absolute atomic E-state index is 8.87. The van der Waals surface area contributed by atoms with Gasteiger partial charge in [-0.25, -0.2) is 0 Å². The first-order valence-corrected chi connectivity index (χ1v) is 5.38. The zero-order valence-electron chi connectivity index (χ0n) is 8.11. The molecule has 2 rings (SSSR count). The predicted molar refractivity (Wildman–Crippen MR) is 58.4 cm³/mol. The molecule has 70 valence electrons. The lowest BCUT2D eigenvalue weighted by Crippen LogP contribution is -1.88. The van der Waals surface area contributed by atoms with Crippen LogP contribution < -0.4 is 0 Å². The second kappa shape index (κ2) is 3.39. The third kappa shape index (κ3) is 1.28. The van der Waals surface area contributed by atoms with Crippen molar-refractivity contribution in [3.8, 4) is 6.07 Å². The summed E-state index contributed by atoms with van der Waals surface area (Å²) in [5, 5.41) is 10.7. The van der Waals surface area contributed by atoms with Crippen LogP contribution in [0.25, 0.3) is 10.2 Å². The highest BCUT2D eigenvalue weighted by molar-refractivity contribution is 7.17. The van der Waals surface area contributed by atoms with Crippen LogP contribution in [0, 0.1) is 11.3 Å². The maximum atomic E-state index is 8.87. The van der Waals surface area contributed by atoms with Crippen molar-refractivity contribution in [3.63, 3.8) is 0 Å². The molecule has 0 N–H and O–H groups in total. The Labute approximate surface area is 86.8 Å². The number of nitriles is 1. The SMILES string of the molecule is CC(C)c1ccnc2c(C#N)csc12. The van der Waals surface area contributed by atoms with E-state index in [4.69, 9.17) is 5.26 Å². The zero-order valence-corrected chi connectivity index (χ0v) is 8.93. The maximum Gasteiger partial charge on any atom is 0.102 e. The van der Waals surface area contributed by atoms with Crippen LogP contribution in [0.5, 0.6) is 0 Å². The zero-order chi connectivity index (χ0) is 10.1. The van der Waals surface area contributed by atoms with Crippen LogP contribution in [0.15, 0.2) is 17.6 Å². The minimum atomic E-state index is 0.477. The standard InChI is InChI=1S/C11H10N2S/c1-7(2)9-3-4-13-10-8(5-12)6-14-11(9)10/h3-4,6-7H,1-2H3. The Kier molecular flexibility index (Phi) is 2.22. The summed E-state index contributed by atoms with van der Waals surface area (Å²) in [6.45, 7) is 4.31. The summed E-state index contributed by atoms with van der Waals surface area (Å²) in [6.07, 6.45) is 1.78. The van der Waals surface area contributed by atoms with E-state index in [1.165, 1.54) is 5.56 Å². The number of fused-ring (bicyclic) bond motifs is 1. The highest BCUT2D eigenvalue weighted by Gasteiger charge is 2.10. The summed E-state index contributed by atoms with van der Waals surface area (Å²) in [7, 11) is 0. The van der Waals surface area contributed by atoms with Crippen molar-refractivity contribution in [1.82, 2.24) is 4.98 Å². The Hall–Kier alpha value is -1.40. The third-order valence-corrected chi connectivity index (χ3v) is 3.25. The van der Waals surface area contributed by atoms with Gasteiger partial charge in [0.25, 0.3) is 0 Å². The van der Waals surface area contributed by atoms with Crippen LogP contribution in [0.4, 0.5) is 0 Å². The number of rotatable bonds is 1. The predicted octanol–water partition coefficient (Wildman–Crippen LogP) is 3.29. The summed E-state index contributed by atoms with van der Waals surface area (Å²) >= 11 is 1.61. The molecule has 0 fully saturated rings. The van der Waals surface area contributed by atoms with Crippen LogP contribution in [-0.4, -0.2) is 4.98 Å². The van der Waals surface area contributed by atoms with Gasteiger partial charge < -0.3 is 0 Å². The molecule has 0 aliphatic carbocycles. The number of thiophene rings is 1. The molecular formula is C11H10N2S. The van der Waals surface area contributed by atoms with Crippen molar-refractivity contribution in [3.05, 3.63) is 28.8 Å². The minimum absolute atomic E-state index is 0.477. The summed E-state index contributed by atoms with van der Waals surface area (Å²) in [5.41, 5.74) is 2.82. The molecule has 0 aliphatic rings. The molecule has 0 unspecified atom stereocenters. The minimum Gasteiger partial charge on any atom is -0.254 e. The Morgan fingerprint density at radius 3 is 2.93 bits per heavy atom. The molecule has 0 amide bonds. The monoisotopic (exact) mass is 202 g/mol. The largest absolute Gasteiger partial charge is 0.254 e. The van der Waals surface area contributed by atoms with Gasteiger partial charge in [-0.2, -0.15) is 5.26 Å². The third-order valence-electron chi connectivity index (χ3n) is 2.23. The van der Waals surface area contributed by atoms with Gasteiger partial charge in [-0.3, -0.25) is 4.98 Å². The Morgan fingerprint density at radius 2 is 2.29 bits per heavy atom. The van der Waals surface area contributed by atoms with Gasteiger partial charge in [-0.1, -0.05) is 13.8 Å². The molecule has 0 saturated carbocycles. The van der Waals surface area contributed by atoms with Crippen LogP contribution in [0.3, 0.4) is 0 Å². The molecular weight excluding hydrogens is 192 g/mol. The van der Waals surface area contributed by atoms with Crippen LogP contribution in [0.2, 0.25) is 0 Å². The number of hydrogen-bond acceptors (Lipinski definition) is 3. The topological polar surface area (TPSA) is 36.7 Å². The van der Waals surface area contributed by atoms with Crippen LogP contribution >= 0.6 is 11.3 Å². The average Bonchev–Trinajstić information content (AvgIpc) is 2.59. The molecule has 2 nitrogen and oxygen atoms in total. The van der Waals surface area contributed by atoms with Crippen LogP contribution in [-0.2, 0) is 0 Å². The highest BCUT2D eigenvalue weighted by Crippen LogP contribution is 2.30. The van der Waals surface area contributed by atoms with Crippen LogP contribution in [0.1, 0.15) is 30.9 Å². The quantitative estimate of drug-likeness (QED) is 0.711. The van der Waals surface area contributed by atoms with E-state index in [2.05, 4.69) is 24.9 Å². The van der Waals surface area contributed by atoms with E-state index in [1.54, 1.807) is 17.5 Å². The molecule has 2 aromatic heterocycles. The van der Waals surface area contributed by atoms with Crippen molar-refractivity contribution < 1.29 is 0 Å². The summed E-state index contributed by atoms with van der Waals surface area (Å²) in [5.74, 6) is 0.477. The molecule has 2 heterocycles. The molecule has 0 spiro atoms. The lowest BCUT2D eigenvalue weighted by atomic mass is 10.0. The number of pyridine rings is 1. The van der Waals surface area contributed by atoms with Crippen molar-refractivity contribution >= 4 is 21.6 Å². The molecule has 0 radical (unpaired) electrons. The second-order valence-corrected chi connectivity index (χ2v) is 4.37. The number of nitrogens with zero attached hydrogens (tertiary/aromatic N) is 2. The lowest BCUT2D eigenvalue weighted by molar-refractivity contribution is 0.876. The molecule has 0 saturated heterocycles. The van der Waals surface area contributed by atoms with Crippen molar-refractivity contribution in [2.45, 2.75) is 19.8 Å². The first-order valence-electron chi connectivity index (χ1n) is 4.50. The summed E-state index contributed by atoms with van der Waals surface area (Å²) in [4.78, 5) is 4.24. The molecule has 0 aliphatic heterocycles. The highest BCUT2D eigenvalue weighted by atomic mass is 32.1. The van der Waals surface area contributed by atoms with Gasteiger partial charge in [0.15, 0.2) is 0 Å². The van der Waals surface area contributed by atoms with E-state index in [-0.39, 0.29) is 0 Å². The fourth-order valence-corrected chi connectivity index (χ4v) is 2.60. The lowest BCUT2D eigenvalue weighted by Gasteiger charge is -2.05. The normalized spacial score (nSPS) is 10.7. The van der Waals surface area contributed by atoms with Gasteiger partial charge in [0, 0.05) is 11.6 Å². The van der Waals surface area contributed by atoms with Gasteiger partial charge in [-0.15, -0.1) is 11.3 Å². The molecule has 0 aromatic carbocycles. The van der Waals surface area contributed by atoms with Crippen molar-refractivity contribution in [2.24, 2.45) is 0 Å². The Morgan fingerprint density at radius 1 is 1.50 bits per heavy atom. The Balaban J connectivity index is 2.78. The molecule has 2 aromatic rings. The first-order chi connectivity index (χ1) is 6.74. The number of aromatic nitrogens is 1. The van der Waals surface area contributed by atoms with Gasteiger partial charge >= 0.3 is 0 Å². The first kappa shape index (κ1) is 9.17. The number of hydrogen-bond donors (Lipinski definition) is 0. The van der Waals surface area contributed by atoms with Gasteiger partial charge in [0.1, 0.15) is 6.07 Å². The van der Waals surface area contributed by atoms with Gasteiger partial charge in [0.2, 0.25) is 0 Å². The molecule has 14 heavy (non-hydrogen) atoms. The van der Waals surface area contributed by atoms with E-state index in [0.29, 0.717) is 11.5 Å². The molecule has 3 heteroatoms. The van der Waals surface area contributed by atoms with E-state index in [0.717, 1.165) is 10.2 Å².